The minimum atomic E-state index is -3.05. The molecule has 120 valence electrons. The van der Waals surface area contributed by atoms with Gasteiger partial charge in [-0.1, -0.05) is 17.7 Å². The van der Waals surface area contributed by atoms with Crippen molar-refractivity contribution in [1.82, 2.24) is 10.6 Å². The van der Waals surface area contributed by atoms with E-state index in [1.807, 2.05) is 0 Å². The van der Waals surface area contributed by atoms with Crippen LogP contribution in [0.4, 0.5) is 10.5 Å². The van der Waals surface area contributed by atoms with Crippen molar-refractivity contribution < 1.29 is 18.0 Å². The van der Waals surface area contributed by atoms with Crippen molar-refractivity contribution in [3.63, 3.8) is 0 Å². The predicted molar refractivity (Wildman–Crippen MR) is 83.7 cm³/mol. The zero-order chi connectivity index (χ0) is 16.2. The van der Waals surface area contributed by atoms with Crippen LogP contribution in [0.3, 0.4) is 0 Å². The molecule has 2 rings (SSSR count). The number of rotatable bonds is 4. The van der Waals surface area contributed by atoms with Gasteiger partial charge in [0.1, 0.15) is 0 Å². The maximum atomic E-state index is 11.7. The van der Waals surface area contributed by atoms with Gasteiger partial charge in [0, 0.05) is 16.8 Å². The van der Waals surface area contributed by atoms with Crippen molar-refractivity contribution in [2.75, 3.05) is 23.4 Å². The quantitative estimate of drug-likeness (QED) is 0.749. The highest BCUT2D eigenvalue weighted by Gasteiger charge is 2.28. The highest BCUT2D eigenvalue weighted by molar-refractivity contribution is 7.91. The number of nitrogens with one attached hydrogen (secondary N) is 3. The summed E-state index contributed by atoms with van der Waals surface area (Å²) in [7, 11) is -3.05. The van der Waals surface area contributed by atoms with E-state index in [4.69, 9.17) is 11.6 Å². The number of urea groups is 1. The van der Waals surface area contributed by atoms with Crippen molar-refractivity contribution in [2.24, 2.45) is 0 Å². The lowest BCUT2D eigenvalue weighted by molar-refractivity contribution is -0.115. The van der Waals surface area contributed by atoms with Crippen LogP contribution in [0.5, 0.6) is 0 Å². The fourth-order valence-electron chi connectivity index (χ4n) is 2.08. The van der Waals surface area contributed by atoms with Crippen molar-refractivity contribution >= 4 is 39.1 Å². The molecule has 7 nitrogen and oxygen atoms in total. The van der Waals surface area contributed by atoms with Crippen LogP contribution in [0.1, 0.15) is 6.42 Å². The largest absolute Gasteiger partial charge is 0.334 e. The van der Waals surface area contributed by atoms with Gasteiger partial charge in [0.25, 0.3) is 0 Å². The number of halogens is 1. The summed E-state index contributed by atoms with van der Waals surface area (Å²) in [5, 5.41) is 7.99. The summed E-state index contributed by atoms with van der Waals surface area (Å²) in [6.45, 7) is -0.224. The van der Waals surface area contributed by atoms with E-state index in [1.165, 1.54) is 0 Å². The van der Waals surface area contributed by atoms with Crippen LogP contribution in [0.25, 0.3) is 0 Å². The molecule has 1 saturated heterocycles. The van der Waals surface area contributed by atoms with Crippen LogP contribution >= 0.6 is 11.6 Å². The molecule has 1 fully saturated rings. The molecule has 0 aromatic heterocycles. The molecular formula is C13H16ClN3O4S. The predicted octanol–water partition coefficient (Wildman–Crippen LogP) is 0.765. The molecule has 1 aromatic rings. The Balaban J connectivity index is 1.73. The second-order valence-corrected chi connectivity index (χ2v) is 7.65. The lowest BCUT2D eigenvalue weighted by Gasteiger charge is -2.12. The number of anilines is 1. The number of amides is 3. The third-order valence-electron chi connectivity index (χ3n) is 3.09. The monoisotopic (exact) mass is 345 g/mol. The first-order valence-electron chi connectivity index (χ1n) is 6.64. The highest BCUT2D eigenvalue weighted by atomic mass is 35.5. The molecule has 1 aliphatic rings. The standard InChI is InChI=1S/C13H16ClN3O4S/c14-9-2-1-3-10(6-9)16-12(18)7-15-13(19)17-11-4-5-22(20,21)8-11/h1-3,6,11H,4-5,7-8H2,(H,16,18)(H2,15,17,19). The van der Waals surface area contributed by atoms with Gasteiger partial charge in [-0.25, -0.2) is 13.2 Å². The molecule has 1 aromatic carbocycles. The third kappa shape index (κ3) is 5.19. The van der Waals surface area contributed by atoms with E-state index in [1.54, 1.807) is 24.3 Å². The van der Waals surface area contributed by atoms with E-state index in [0.29, 0.717) is 17.1 Å². The van der Waals surface area contributed by atoms with Crippen LogP contribution < -0.4 is 16.0 Å². The number of sulfone groups is 1. The maximum Gasteiger partial charge on any atom is 0.315 e. The Kier molecular flexibility index (Phi) is 5.25. The van der Waals surface area contributed by atoms with E-state index in [-0.39, 0.29) is 18.1 Å². The minimum Gasteiger partial charge on any atom is -0.334 e. The molecule has 9 heteroatoms. The fraction of sp³-hybridized carbons (Fsp3) is 0.385. The van der Waals surface area contributed by atoms with Crippen LogP contribution in [0.2, 0.25) is 5.02 Å². The molecule has 1 aliphatic heterocycles. The second-order valence-electron chi connectivity index (χ2n) is 4.99. The molecule has 0 bridgehead atoms. The van der Waals surface area contributed by atoms with E-state index in [9.17, 15) is 18.0 Å². The Morgan fingerprint density at radius 3 is 2.73 bits per heavy atom. The van der Waals surface area contributed by atoms with Gasteiger partial charge in [0.15, 0.2) is 9.84 Å². The minimum absolute atomic E-state index is 0.0604. The lowest BCUT2D eigenvalue weighted by atomic mass is 10.3. The molecule has 1 atom stereocenters. The highest BCUT2D eigenvalue weighted by Crippen LogP contribution is 2.14. The van der Waals surface area contributed by atoms with Gasteiger partial charge in [-0.15, -0.1) is 0 Å². The summed E-state index contributed by atoms with van der Waals surface area (Å²) in [4.78, 5) is 23.3. The van der Waals surface area contributed by atoms with Gasteiger partial charge >= 0.3 is 6.03 Å². The second kappa shape index (κ2) is 6.97. The van der Waals surface area contributed by atoms with Crippen LogP contribution in [0, 0.1) is 0 Å². The summed E-state index contributed by atoms with van der Waals surface area (Å²) in [6.07, 6.45) is 0.393. The van der Waals surface area contributed by atoms with Gasteiger partial charge in [0.05, 0.1) is 18.1 Å². The molecule has 3 N–H and O–H groups in total. The van der Waals surface area contributed by atoms with Crippen LogP contribution in [0.15, 0.2) is 24.3 Å². The van der Waals surface area contributed by atoms with Crippen molar-refractivity contribution in [2.45, 2.75) is 12.5 Å². The summed E-state index contributed by atoms with van der Waals surface area (Å²) >= 11 is 5.79. The smallest absolute Gasteiger partial charge is 0.315 e. The maximum absolute atomic E-state index is 11.7. The average molecular weight is 346 g/mol. The Bertz CT molecular complexity index is 678. The van der Waals surface area contributed by atoms with Gasteiger partial charge in [-0.05, 0) is 24.6 Å². The number of hydrogen-bond donors (Lipinski definition) is 3. The van der Waals surface area contributed by atoms with Gasteiger partial charge < -0.3 is 16.0 Å². The normalized spacial score (nSPS) is 19.4. The number of benzene rings is 1. The SMILES string of the molecule is O=C(CNC(=O)NC1CCS(=O)(=O)C1)Nc1cccc(Cl)c1. The number of carbonyl (C=O) groups is 2. The molecule has 22 heavy (non-hydrogen) atoms. The molecule has 1 heterocycles. The van der Waals surface area contributed by atoms with Crippen molar-refractivity contribution in [1.29, 1.82) is 0 Å². The molecule has 0 radical (unpaired) electrons. The van der Waals surface area contributed by atoms with Crippen LogP contribution in [-0.2, 0) is 14.6 Å². The van der Waals surface area contributed by atoms with E-state index in [2.05, 4.69) is 16.0 Å². The van der Waals surface area contributed by atoms with Crippen LogP contribution in [-0.4, -0.2) is 44.4 Å². The zero-order valence-corrected chi connectivity index (χ0v) is 13.2. The molecule has 1 unspecified atom stereocenters. The Hall–Kier alpha value is -1.80. The van der Waals surface area contributed by atoms with E-state index < -0.39 is 27.8 Å². The third-order valence-corrected chi connectivity index (χ3v) is 5.09. The number of hydrogen-bond acceptors (Lipinski definition) is 4. The Morgan fingerprint density at radius 2 is 2.09 bits per heavy atom. The van der Waals surface area contributed by atoms with Gasteiger partial charge in [0.2, 0.25) is 5.91 Å². The fourth-order valence-corrected chi connectivity index (χ4v) is 3.94. The zero-order valence-electron chi connectivity index (χ0n) is 11.6. The molecule has 0 aliphatic carbocycles. The van der Waals surface area contributed by atoms with Gasteiger partial charge in [-0.2, -0.15) is 0 Å². The lowest BCUT2D eigenvalue weighted by Crippen LogP contribution is -2.45. The Labute approximate surface area is 133 Å². The topological polar surface area (TPSA) is 104 Å². The molecule has 0 spiro atoms. The summed E-state index contributed by atoms with van der Waals surface area (Å²) in [5.41, 5.74) is 0.529. The van der Waals surface area contributed by atoms with Crippen molar-refractivity contribution in [3.05, 3.63) is 29.3 Å². The summed E-state index contributed by atoms with van der Waals surface area (Å²) < 4.78 is 22.5. The van der Waals surface area contributed by atoms with Crippen molar-refractivity contribution in [3.8, 4) is 0 Å². The first-order valence-corrected chi connectivity index (χ1v) is 8.84. The summed E-state index contributed by atoms with van der Waals surface area (Å²) in [6, 6.07) is 5.66. The Morgan fingerprint density at radius 1 is 1.32 bits per heavy atom. The molecule has 0 saturated carbocycles. The first kappa shape index (κ1) is 16.6. The first-order chi connectivity index (χ1) is 10.3. The number of carbonyl (C=O) groups excluding carboxylic acids is 2. The molecule has 3 amide bonds. The molecular weight excluding hydrogens is 330 g/mol. The van der Waals surface area contributed by atoms with E-state index >= 15 is 0 Å². The van der Waals surface area contributed by atoms with Gasteiger partial charge in [-0.3, -0.25) is 4.79 Å². The average Bonchev–Trinajstić information content (AvgIpc) is 2.75. The summed E-state index contributed by atoms with van der Waals surface area (Å²) in [5.74, 6) is -0.390. The van der Waals surface area contributed by atoms with E-state index in [0.717, 1.165) is 0 Å².